The van der Waals surface area contributed by atoms with Crippen LogP contribution < -0.4 is 0 Å². The molecular weight excluding hydrogens is 190 g/mol. The number of aliphatic hydroxyl groups is 2. The van der Waals surface area contributed by atoms with E-state index in [-0.39, 0.29) is 12.0 Å². The van der Waals surface area contributed by atoms with Gasteiger partial charge in [0.25, 0.3) is 0 Å². The summed E-state index contributed by atoms with van der Waals surface area (Å²) in [7, 11) is 0. The Bertz CT molecular complexity index is 180. The van der Waals surface area contributed by atoms with E-state index in [9.17, 15) is 5.11 Å². The first-order chi connectivity index (χ1) is 7.13. The Balaban J connectivity index is 2.43. The molecule has 2 atom stereocenters. The summed E-state index contributed by atoms with van der Waals surface area (Å²) in [6.07, 6.45) is 3.33. The van der Waals surface area contributed by atoms with Gasteiger partial charge in [-0.05, 0) is 31.7 Å². The van der Waals surface area contributed by atoms with Crippen molar-refractivity contribution in [3.8, 4) is 0 Å². The number of hydrogen-bond acceptors (Lipinski definition) is 3. The highest BCUT2D eigenvalue weighted by molar-refractivity contribution is 4.80. The third kappa shape index (κ3) is 3.74. The molecule has 2 unspecified atom stereocenters. The lowest BCUT2D eigenvalue weighted by Crippen LogP contribution is -2.44. The van der Waals surface area contributed by atoms with E-state index in [1.54, 1.807) is 0 Å². The zero-order valence-electron chi connectivity index (χ0n) is 10.1. The standard InChI is InChI=1S/C12H25NO2/c1-3-12(2,10-15)9-13-6-4-5-11(7-13)8-14/h11,14-15H,3-10H2,1-2H3. The van der Waals surface area contributed by atoms with Gasteiger partial charge in [0.15, 0.2) is 0 Å². The molecule has 0 aromatic carbocycles. The van der Waals surface area contributed by atoms with E-state index in [0.29, 0.717) is 12.5 Å². The van der Waals surface area contributed by atoms with E-state index in [0.717, 1.165) is 32.5 Å². The smallest absolute Gasteiger partial charge is 0.0496 e. The van der Waals surface area contributed by atoms with Gasteiger partial charge in [-0.2, -0.15) is 0 Å². The van der Waals surface area contributed by atoms with E-state index in [2.05, 4.69) is 18.7 Å². The molecule has 0 aromatic heterocycles. The number of nitrogens with zero attached hydrogens (tertiary/aromatic N) is 1. The van der Waals surface area contributed by atoms with Crippen LogP contribution in [-0.4, -0.2) is 48.0 Å². The molecule has 0 aliphatic carbocycles. The van der Waals surface area contributed by atoms with Crippen LogP contribution in [0, 0.1) is 11.3 Å². The Kier molecular flexibility index (Phi) is 5.03. The highest BCUT2D eigenvalue weighted by atomic mass is 16.3. The molecule has 90 valence electrons. The second-order valence-corrected chi connectivity index (χ2v) is 5.25. The minimum Gasteiger partial charge on any atom is -0.396 e. The van der Waals surface area contributed by atoms with Crippen LogP contribution in [0.3, 0.4) is 0 Å². The Morgan fingerprint density at radius 1 is 1.40 bits per heavy atom. The summed E-state index contributed by atoms with van der Waals surface area (Å²) in [5.41, 5.74) is 0.0251. The average Bonchev–Trinajstić information content (AvgIpc) is 2.29. The first kappa shape index (κ1) is 12.9. The molecule has 1 fully saturated rings. The quantitative estimate of drug-likeness (QED) is 0.722. The van der Waals surface area contributed by atoms with E-state index in [1.807, 2.05) is 0 Å². The molecule has 1 rings (SSSR count). The zero-order chi connectivity index (χ0) is 11.3. The number of aliphatic hydroxyl groups excluding tert-OH is 2. The maximum atomic E-state index is 9.36. The minimum atomic E-state index is 0.0251. The molecule has 1 aliphatic rings. The number of rotatable bonds is 5. The summed E-state index contributed by atoms with van der Waals surface area (Å²) in [6.45, 7) is 7.89. The number of piperidine rings is 1. The van der Waals surface area contributed by atoms with Crippen molar-refractivity contribution < 1.29 is 10.2 Å². The molecule has 1 saturated heterocycles. The van der Waals surface area contributed by atoms with E-state index >= 15 is 0 Å². The van der Waals surface area contributed by atoms with Gasteiger partial charge in [0.1, 0.15) is 0 Å². The molecule has 0 amide bonds. The van der Waals surface area contributed by atoms with Crippen LogP contribution in [0.2, 0.25) is 0 Å². The predicted octanol–water partition coefficient (Wildman–Crippen LogP) is 1.10. The lowest BCUT2D eigenvalue weighted by Gasteiger charge is -2.38. The molecule has 1 heterocycles. The summed E-state index contributed by atoms with van der Waals surface area (Å²) in [4.78, 5) is 2.39. The van der Waals surface area contributed by atoms with Gasteiger partial charge in [-0.3, -0.25) is 0 Å². The third-order valence-corrected chi connectivity index (χ3v) is 3.70. The lowest BCUT2D eigenvalue weighted by molar-refractivity contribution is 0.0504. The Labute approximate surface area is 93.1 Å². The molecule has 0 aromatic rings. The van der Waals surface area contributed by atoms with Crippen molar-refractivity contribution >= 4 is 0 Å². The molecule has 3 heteroatoms. The summed E-state index contributed by atoms with van der Waals surface area (Å²) in [6, 6.07) is 0. The molecule has 1 aliphatic heterocycles. The Morgan fingerprint density at radius 3 is 2.67 bits per heavy atom. The molecule has 0 spiro atoms. The Hall–Kier alpha value is -0.120. The largest absolute Gasteiger partial charge is 0.396 e. The predicted molar refractivity (Wildman–Crippen MR) is 61.7 cm³/mol. The van der Waals surface area contributed by atoms with E-state index in [4.69, 9.17) is 5.11 Å². The lowest BCUT2D eigenvalue weighted by atomic mass is 9.86. The second-order valence-electron chi connectivity index (χ2n) is 5.25. The molecule has 0 saturated carbocycles. The minimum absolute atomic E-state index is 0.0251. The average molecular weight is 215 g/mol. The van der Waals surface area contributed by atoms with Crippen molar-refractivity contribution in [3.63, 3.8) is 0 Å². The van der Waals surface area contributed by atoms with Gasteiger partial charge in [-0.25, -0.2) is 0 Å². The van der Waals surface area contributed by atoms with Crippen LogP contribution in [0.25, 0.3) is 0 Å². The third-order valence-electron chi connectivity index (χ3n) is 3.70. The van der Waals surface area contributed by atoms with Crippen LogP contribution in [0.15, 0.2) is 0 Å². The summed E-state index contributed by atoms with van der Waals surface area (Å²) >= 11 is 0. The molecule has 15 heavy (non-hydrogen) atoms. The van der Waals surface area contributed by atoms with Crippen molar-refractivity contribution in [2.24, 2.45) is 11.3 Å². The molecule has 0 radical (unpaired) electrons. The normalized spacial score (nSPS) is 27.6. The van der Waals surface area contributed by atoms with Gasteiger partial charge in [0.2, 0.25) is 0 Å². The summed E-state index contributed by atoms with van der Waals surface area (Å²) in [5, 5.41) is 18.5. The van der Waals surface area contributed by atoms with Crippen molar-refractivity contribution in [1.29, 1.82) is 0 Å². The van der Waals surface area contributed by atoms with Crippen molar-refractivity contribution in [2.45, 2.75) is 33.1 Å². The number of hydrogen-bond donors (Lipinski definition) is 2. The summed E-state index contributed by atoms with van der Waals surface area (Å²) in [5.74, 6) is 0.443. The van der Waals surface area contributed by atoms with E-state index < -0.39 is 0 Å². The van der Waals surface area contributed by atoms with Gasteiger partial charge in [0, 0.05) is 31.7 Å². The molecule has 2 N–H and O–H groups in total. The first-order valence-electron chi connectivity index (χ1n) is 6.07. The van der Waals surface area contributed by atoms with Gasteiger partial charge in [-0.15, -0.1) is 0 Å². The fourth-order valence-corrected chi connectivity index (χ4v) is 2.26. The number of likely N-dealkylation sites (tertiary alicyclic amines) is 1. The fraction of sp³-hybridized carbons (Fsp3) is 1.00. The SMILES string of the molecule is CCC(C)(CO)CN1CCCC(CO)C1. The molecular formula is C12H25NO2. The molecule has 3 nitrogen and oxygen atoms in total. The maximum Gasteiger partial charge on any atom is 0.0496 e. The zero-order valence-corrected chi connectivity index (χ0v) is 10.1. The van der Waals surface area contributed by atoms with Crippen LogP contribution in [0.1, 0.15) is 33.1 Å². The van der Waals surface area contributed by atoms with Gasteiger partial charge in [0.05, 0.1) is 0 Å². The molecule has 0 bridgehead atoms. The van der Waals surface area contributed by atoms with Gasteiger partial charge < -0.3 is 15.1 Å². The fourth-order valence-electron chi connectivity index (χ4n) is 2.26. The van der Waals surface area contributed by atoms with Crippen LogP contribution in [-0.2, 0) is 0 Å². The highest BCUT2D eigenvalue weighted by Crippen LogP contribution is 2.25. The monoisotopic (exact) mass is 215 g/mol. The van der Waals surface area contributed by atoms with Crippen molar-refractivity contribution in [1.82, 2.24) is 4.90 Å². The first-order valence-corrected chi connectivity index (χ1v) is 6.07. The van der Waals surface area contributed by atoms with Crippen molar-refractivity contribution in [3.05, 3.63) is 0 Å². The second kappa shape index (κ2) is 5.83. The van der Waals surface area contributed by atoms with Crippen LogP contribution in [0.4, 0.5) is 0 Å². The Morgan fingerprint density at radius 2 is 2.13 bits per heavy atom. The summed E-state index contributed by atoms with van der Waals surface area (Å²) < 4.78 is 0. The van der Waals surface area contributed by atoms with Crippen LogP contribution in [0.5, 0.6) is 0 Å². The van der Waals surface area contributed by atoms with Crippen molar-refractivity contribution in [2.75, 3.05) is 32.8 Å². The highest BCUT2D eigenvalue weighted by Gasteiger charge is 2.27. The van der Waals surface area contributed by atoms with Crippen LogP contribution >= 0.6 is 0 Å². The van der Waals surface area contributed by atoms with Gasteiger partial charge in [-0.1, -0.05) is 13.8 Å². The van der Waals surface area contributed by atoms with E-state index in [1.165, 1.54) is 6.42 Å². The maximum absolute atomic E-state index is 9.36. The van der Waals surface area contributed by atoms with Gasteiger partial charge >= 0.3 is 0 Å². The topological polar surface area (TPSA) is 43.7 Å².